The van der Waals surface area contributed by atoms with Crippen LogP contribution in [0.25, 0.3) is 22.2 Å². The Morgan fingerprint density at radius 1 is 1.30 bits per heavy atom. The molecule has 2 N–H and O–H groups in total. The second kappa shape index (κ2) is 5.05. The van der Waals surface area contributed by atoms with Crippen molar-refractivity contribution in [2.45, 2.75) is 20.3 Å². The average molecular weight is 286 g/mol. The van der Waals surface area contributed by atoms with E-state index in [2.05, 4.69) is 15.1 Å². The second-order valence-electron chi connectivity index (χ2n) is 4.47. The molecule has 0 unspecified atom stereocenters. The van der Waals surface area contributed by atoms with E-state index in [0.29, 0.717) is 16.8 Å². The molecule has 5 nitrogen and oxygen atoms in total. The third kappa shape index (κ3) is 2.30. The quantitative estimate of drug-likeness (QED) is 0.799. The van der Waals surface area contributed by atoms with Gasteiger partial charge in [-0.05, 0) is 19.4 Å². The van der Waals surface area contributed by atoms with Gasteiger partial charge >= 0.3 is 0 Å². The fourth-order valence-corrected chi connectivity index (χ4v) is 2.84. The van der Waals surface area contributed by atoms with Crippen LogP contribution in [-0.4, -0.2) is 15.1 Å². The van der Waals surface area contributed by atoms with Gasteiger partial charge in [0.15, 0.2) is 5.13 Å². The van der Waals surface area contributed by atoms with Crippen molar-refractivity contribution in [1.82, 2.24) is 15.1 Å². The second-order valence-corrected chi connectivity index (χ2v) is 5.50. The van der Waals surface area contributed by atoms with E-state index in [4.69, 9.17) is 10.3 Å². The first-order chi connectivity index (χ1) is 9.67. The minimum Gasteiger partial charge on any atom is -0.375 e. The summed E-state index contributed by atoms with van der Waals surface area (Å²) in [5.74, 6) is 1.06. The minimum absolute atomic E-state index is 0.479. The maximum Gasteiger partial charge on any atom is 0.270 e. The summed E-state index contributed by atoms with van der Waals surface area (Å²) >= 11 is 1.37. The molecule has 20 heavy (non-hydrogen) atoms. The van der Waals surface area contributed by atoms with Crippen molar-refractivity contribution in [3.05, 3.63) is 35.5 Å². The van der Waals surface area contributed by atoms with Gasteiger partial charge in [0.25, 0.3) is 5.89 Å². The van der Waals surface area contributed by atoms with Crippen molar-refractivity contribution in [3.8, 4) is 22.2 Å². The first kappa shape index (κ1) is 12.8. The topological polar surface area (TPSA) is 77.8 Å². The Bertz CT molecular complexity index is 747. The summed E-state index contributed by atoms with van der Waals surface area (Å²) in [6.45, 7) is 4.05. The number of anilines is 1. The maximum absolute atomic E-state index is 5.75. The lowest BCUT2D eigenvalue weighted by Gasteiger charge is -1.95. The molecule has 0 spiro atoms. The molecule has 102 valence electrons. The monoisotopic (exact) mass is 286 g/mol. The van der Waals surface area contributed by atoms with Gasteiger partial charge in [0.05, 0.1) is 5.69 Å². The van der Waals surface area contributed by atoms with E-state index in [1.165, 1.54) is 11.3 Å². The van der Waals surface area contributed by atoms with Crippen molar-refractivity contribution in [1.29, 1.82) is 0 Å². The molecule has 2 heterocycles. The van der Waals surface area contributed by atoms with Gasteiger partial charge in [-0.3, -0.25) is 0 Å². The van der Waals surface area contributed by atoms with Crippen LogP contribution in [0, 0.1) is 6.92 Å². The van der Waals surface area contributed by atoms with Crippen LogP contribution >= 0.6 is 11.3 Å². The van der Waals surface area contributed by atoms with Crippen LogP contribution in [0.5, 0.6) is 0 Å². The Morgan fingerprint density at radius 3 is 2.90 bits per heavy atom. The molecule has 3 rings (SSSR count). The van der Waals surface area contributed by atoms with Gasteiger partial charge in [-0.1, -0.05) is 47.2 Å². The highest BCUT2D eigenvalue weighted by Gasteiger charge is 2.17. The van der Waals surface area contributed by atoms with E-state index in [-0.39, 0.29) is 0 Å². The number of rotatable bonds is 3. The van der Waals surface area contributed by atoms with Crippen LogP contribution < -0.4 is 5.73 Å². The van der Waals surface area contributed by atoms with Crippen molar-refractivity contribution in [2.24, 2.45) is 0 Å². The first-order valence-electron chi connectivity index (χ1n) is 6.33. The van der Waals surface area contributed by atoms with E-state index in [0.717, 1.165) is 28.1 Å². The summed E-state index contributed by atoms with van der Waals surface area (Å²) in [6.07, 6.45) is 0.783. The number of aryl methyl sites for hydroxylation is 2. The Morgan fingerprint density at radius 2 is 2.15 bits per heavy atom. The van der Waals surface area contributed by atoms with Crippen molar-refractivity contribution >= 4 is 16.5 Å². The Balaban J connectivity index is 2.02. The third-order valence-corrected chi connectivity index (χ3v) is 3.86. The highest BCUT2D eigenvalue weighted by Crippen LogP contribution is 2.32. The molecule has 0 saturated carbocycles. The first-order valence-corrected chi connectivity index (χ1v) is 7.15. The molecular formula is C14H14N4OS. The van der Waals surface area contributed by atoms with Gasteiger partial charge in [-0.15, -0.1) is 0 Å². The van der Waals surface area contributed by atoms with E-state index in [9.17, 15) is 0 Å². The predicted molar refractivity (Wildman–Crippen MR) is 79.4 cm³/mol. The summed E-state index contributed by atoms with van der Waals surface area (Å²) < 4.78 is 5.35. The average Bonchev–Trinajstić information content (AvgIpc) is 3.04. The van der Waals surface area contributed by atoms with Crippen LogP contribution in [-0.2, 0) is 6.42 Å². The molecule has 1 aromatic carbocycles. The fourth-order valence-electron chi connectivity index (χ4n) is 1.99. The Labute approximate surface area is 120 Å². The number of hydrogen-bond donors (Lipinski definition) is 1. The molecule has 0 aliphatic rings. The zero-order valence-electron chi connectivity index (χ0n) is 11.3. The van der Waals surface area contributed by atoms with Crippen LogP contribution in [0.3, 0.4) is 0 Å². The number of thiazole rings is 1. The summed E-state index contributed by atoms with van der Waals surface area (Å²) in [6, 6.07) is 7.99. The molecule has 0 radical (unpaired) electrons. The summed E-state index contributed by atoms with van der Waals surface area (Å²) in [4.78, 5) is 9.58. The zero-order valence-corrected chi connectivity index (χ0v) is 12.1. The number of nitrogens with two attached hydrogens (primary N) is 1. The van der Waals surface area contributed by atoms with Crippen LogP contribution in [0.1, 0.15) is 18.2 Å². The van der Waals surface area contributed by atoms with E-state index in [1.54, 1.807) is 0 Å². The third-order valence-electron chi connectivity index (χ3n) is 2.95. The van der Waals surface area contributed by atoms with E-state index in [1.807, 2.05) is 38.1 Å². The lowest BCUT2D eigenvalue weighted by molar-refractivity contribution is 0.433. The predicted octanol–water partition coefficient (Wildman–Crippen LogP) is 3.31. The Hall–Kier alpha value is -2.21. The molecule has 0 saturated heterocycles. The van der Waals surface area contributed by atoms with Gasteiger partial charge in [0, 0.05) is 5.56 Å². The minimum atomic E-state index is 0.479. The van der Waals surface area contributed by atoms with Crippen LogP contribution in [0.2, 0.25) is 0 Å². The molecule has 3 aromatic rings. The molecule has 0 aliphatic carbocycles. The fraction of sp³-hybridized carbons (Fsp3) is 0.214. The molecule has 0 atom stereocenters. The summed E-state index contributed by atoms with van der Waals surface area (Å²) in [7, 11) is 0. The van der Waals surface area contributed by atoms with Gasteiger partial charge in [0.1, 0.15) is 4.88 Å². The van der Waals surface area contributed by atoms with Gasteiger partial charge in [0.2, 0.25) is 5.82 Å². The zero-order chi connectivity index (χ0) is 14.1. The van der Waals surface area contributed by atoms with Crippen molar-refractivity contribution in [3.63, 3.8) is 0 Å². The number of aromatic nitrogens is 3. The standard InChI is InChI=1S/C14H14N4OS/c1-3-10-11(20-14(15)16-10)13-17-12(18-19-13)9-6-4-5-8(2)7-9/h4-7H,3H2,1-2H3,(H2,15,16). The highest BCUT2D eigenvalue weighted by molar-refractivity contribution is 7.18. The highest BCUT2D eigenvalue weighted by atomic mass is 32.1. The molecule has 0 aliphatic heterocycles. The maximum atomic E-state index is 5.75. The number of benzene rings is 1. The number of hydrogen-bond acceptors (Lipinski definition) is 6. The molecule has 0 amide bonds. The van der Waals surface area contributed by atoms with Crippen molar-refractivity contribution in [2.75, 3.05) is 5.73 Å². The number of nitrogen functional groups attached to an aromatic ring is 1. The lowest BCUT2D eigenvalue weighted by atomic mass is 10.1. The molecule has 0 bridgehead atoms. The SMILES string of the molecule is CCc1nc(N)sc1-c1nc(-c2cccc(C)c2)no1. The molecule has 2 aromatic heterocycles. The van der Waals surface area contributed by atoms with E-state index < -0.39 is 0 Å². The molecule has 0 fully saturated rings. The lowest BCUT2D eigenvalue weighted by Crippen LogP contribution is -1.86. The smallest absolute Gasteiger partial charge is 0.270 e. The van der Waals surface area contributed by atoms with E-state index >= 15 is 0 Å². The van der Waals surface area contributed by atoms with Crippen LogP contribution in [0.4, 0.5) is 5.13 Å². The van der Waals surface area contributed by atoms with Crippen LogP contribution in [0.15, 0.2) is 28.8 Å². The van der Waals surface area contributed by atoms with Gasteiger partial charge < -0.3 is 10.3 Å². The summed E-state index contributed by atoms with van der Waals surface area (Å²) in [5.41, 5.74) is 8.74. The normalized spacial score (nSPS) is 10.9. The van der Waals surface area contributed by atoms with Crippen molar-refractivity contribution < 1.29 is 4.52 Å². The van der Waals surface area contributed by atoms with Gasteiger partial charge in [-0.25, -0.2) is 4.98 Å². The van der Waals surface area contributed by atoms with Gasteiger partial charge in [-0.2, -0.15) is 4.98 Å². The summed E-state index contributed by atoms with van der Waals surface area (Å²) in [5, 5.41) is 4.56. The number of nitrogens with zero attached hydrogens (tertiary/aromatic N) is 3. The largest absolute Gasteiger partial charge is 0.375 e. The molecular weight excluding hydrogens is 272 g/mol. The molecule has 6 heteroatoms. The Kier molecular flexibility index (Phi) is 3.23.